The predicted octanol–water partition coefficient (Wildman–Crippen LogP) is 1.49. The molecule has 1 aliphatic heterocycles. The summed E-state index contributed by atoms with van der Waals surface area (Å²) in [5, 5.41) is 11.6. The zero-order valence-electron chi connectivity index (χ0n) is 13.5. The van der Waals surface area contributed by atoms with Gasteiger partial charge < -0.3 is 10.2 Å². The van der Waals surface area contributed by atoms with Gasteiger partial charge in [-0.1, -0.05) is 30.0 Å². The Hall–Kier alpha value is -0.870. The van der Waals surface area contributed by atoms with E-state index in [1.807, 2.05) is 13.8 Å². The fourth-order valence-corrected chi connectivity index (χ4v) is 5.85. The number of amides is 1. The average Bonchev–Trinajstić information content (AvgIpc) is 3.11. The van der Waals surface area contributed by atoms with E-state index in [-0.39, 0.29) is 35.2 Å². The minimum Gasteiger partial charge on any atom is -0.363 e. The lowest BCUT2D eigenvalue weighted by Gasteiger charge is -2.33. The number of hydrogen-bond acceptors (Lipinski definition) is 8. The van der Waals surface area contributed by atoms with Crippen LogP contribution in [0.15, 0.2) is 4.34 Å². The first-order chi connectivity index (χ1) is 10.9. The third-order valence-electron chi connectivity index (χ3n) is 3.89. The average molecular weight is 379 g/mol. The van der Waals surface area contributed by atoms with E-state index in [0.29, 0.717) is 11.6 Å². The van der Waals surface area contributed by atoms with Crippen LogP contribution in [-0.2, 0) is 14.6 Å². The molecule has 1 N–H and O–H groups in total. The lowest BCUT2D eigenvalue weighted by molar-refractivity contribution is -0.132. The van der Waals surface area contributed by atoms with Gasteiger partial charge >= 0.3 is 0 Å². The minimum absolute atomic E-state index is 0.0312. The Balaban J connectivity index is 2.02. The number of rotatable bonds is 7. The van der Waals surface area contributed by atoms with Crippen molar-refractivity contribution in [3.05, 3.63) is 0 Å². The summed E-state index contributed by atoms with van der Waals surface area (Å²) in [4.78, 5) is 14.4. The number of aromatic nitrogens is 2. The number of thioether (sulfide) groups is 1. The number of carbonyl (C=O) groups is 1. The van der Waals surface area contributed by atoms with E-state index in [1.54, 1.807) is 11.9 Å². The zero-order chi connectivity index (χ0) is 17.0. The molecule has 7 nitrogen and oxygen atoms in total. The van der Waals surface area contributed by atoms with Gasteiger partial charge in [-0.25, -0.2) is 8.42 Å². The SMILES string of the molecule is CC[C@H](C)N(C(=O)CSc1nnc(NC)s1)[C@@H]1CCS(=O)(=O)C1. The smallest absolute Gasteiger partial charge is 0.233 e. The number of hydrogen-bond donors (Lipinski definition) is 1. The summed E-state index contributed by atoms with van der Waals surface area (Å²) in [6.45, 7) is 3.98. The number of nitrogens with zero attached hydrogens (tertiary/aromatic N) is 3. The van der Waals surface area contributed by atoms with Crippen molar-refractivity contribution in [2.24, 2.45) is 0 Å². The molecule has 1 aromatic rings. The largest absolute Gasteiger partial charge is 0.363 e. The molecule has 2 rings (SSSR count). The van der Waals surface area contributed by atoms with Gasteiger partial charge in [-0.3, -0.25) is 4.79 Å². The molecule has 23 heavy (non-hydrogen) atoms. The monoisotopic (exact) mass is 378 g/mol. The topological polar surface area (TPSA) is 92.3 Å². The van der Waals surface area contributed by atoms with Crippen molar-refractivity contribution in [1.29, 1.82) is 0 Å². The molecule has 0 aliphatic carbocycles. The van der Waals surface area contributed by atoms with E-state index in [4.69, 9.17) is 0 Å². The first-order valence-corrected chi connectivity index (χ1v) is 11.1. The Morgan fingerprint density at radius 3 is 2.78 bits per heavy atom. The highest BCUT2D eigenvalue weighted by Crippen LogP contribution is 2.27. The van der Waals surface area contributed by atoms with E-state index >= 15 is 0 Å². The predicted molar refractivity (Wildman–Crippen MR) is 93.8 cm³/mol. The second-order valence-electron chi connectivity index (χ2n) is 5.53. The maximum absolute atomic E-state index is 12.6. The highest BCUT2D eigenvalue weighted by molar-refractivity contribution is 8.01. The number of nitrogens with one attached hydrogen (secondary N) is 1. The van der Waals surface area contributed by atoms with Gasteiger partial charge in [0, 0.05) is 19.1 Å². The number of carbonyl (C=O) groups excluding carboxylic acids is 1. The highest BCUT2D eigenvalue weighted by atomic mass is 32.2. The molecular weight excluding hydrogens is 356 g/mol. The maximum atomic E-state index is 12.6. The molecule has 0 saturated carbocycles. The van der Waals surface area contributed by atoms with E-state index in [2.05, 4.69) is 15.5 Å². The van der Waals surface area contributed by atoms with Gasteiger partial charge in [-0.05, 0) is 19.8 Å². The van der Waals surface area contributed by atoms with E-state index < -0.39 is 9.84 Å². The van der Waals surface area contributed by atoms with Crippen molar-refractivity contribution < 1.29 is 13.2 Å². The molecule has 0 aromatic carbocycles. The maximum Gasteiger partial charge on any atom is 0.233 e. The summed E-state index contributed by atoms with van der Waals surface area (Å²) in [6, 6.07) is -0.172. The van der Waals surface area contributed by atoms with E-state index in [9.17, 15) is 13.2 Å². The van der Waals surface area contributed by atoms with Gasteiger partial charge in [0.15, 0.2) is 14.2 Å². The second kappa shape index (κ2) is 7.80. The quantitative estimate of drug-likeness (QED) is 0.719. The third kappa shape index (κ3) is 4.80. The normalized spacial score (nSPS) is 21.1. The van der Waals surface area contributed by atoms with Crippen molar-refractivity contribution in [1.82, 2.24) is 15.1 Å². The minimum atomic E-state index is -3.01. The van der Waals surface area contributed by atoms with Gasteiger partial charge in [-0.15, -0.1) is 10.2 Å². The molecule has 0 bridgehead atoms. The molecule has 10 heteroatoms. The molecule has 2 atom stereocenters. The second-order valence-corrected chi connectivity index (χ2v) is 9.96. The Bertz CT molecular complexity index is 647. The Morgan fingerprint density at radius 1 is 1.52 bits per heavy atom. The molecule has 0 spiro atoms. The molecule has 1 fully saturated rings. The molecule has 1 aromatic heterocycles. The van der Waals surface area contributed by atoms with Crippen molar-refractivity contribution >= 4 is 44.0 Å². The summed E-state index contributed by atoms with van der Waals surface area (Å²) in [5.41, 5.74) is 0. The molecule has 1 aliphatic rings. The summed E-state index contributed by atoms with van der Waals surface area (Å²) in [7, 11) is -1.24. The molecule has 0 unspecified atom stereocenters. The lowest BCUT2D eigenvalue weighted by atomic mass is 10.1. The first-order valence-electron chi connectivity index (χ1n) is 7.52. The first kappa shape index (κ1) is 18.5. The van der Waals surface area contributed by atoms with Gasteiger partial charge in [0.05, 0.1) is 17.3 Å². The van der Waals surface area contributed by atoms with Gasteiger partial charge in [0.2, 0.25) is 11.0 Å². The van der Waals surface area contributed by atoms with Crippen LogP contribution >= 0.6 is 23.1 Å². The Labute approximate surface area is 145 Å². The third-order valence-corrected chi connectivity index (χ3v) is 7.70. The van der Waals surface area contributed by atoms with Crippen LogP contribution in [0.25, 0.3) is 0 Å². The van der Waals surface area contributed by atoms with Crippen LogP contribution in [0.1, 0.15) is 26.7 Å². The summed E-state index contributed by atoms with van der Waals surface area (Å²) < 4.78 is 24.2. The van der Waals surface area contributed by atoms with Crippen molar-refractivity contribution in [3.8, 4) is 0 Å². The van der Waals surface area contributed by atoms with Crippen LogP contribution in [0.3, 0.4) is 0 Å². The van der Waals surface area contributed by atoms with Crippen molar-refractivity contribution in [2.75, 3.05) is 29.6 Å². The van der Waals surface area contributed by atoms with E-state index in [0.717, 1.165) is 10.8 Å². The van der Waals surface area contributed by atoms with Gasteiger partial charge in [0.1, 0.15) is 0 Å². The fraction of sp³-hybridized carbons (Fsp3) is 0.769. The van der Waals surface area contributed by atoms with Crippen LogP contribution < -0.4 is 5.32 Å². The molecule has 130 valence electrons. The van der Waals surface area contributed by atoms with Gasteiger partial charge in [-0.2, -0.15) is 0 Å². The summed E-state index contributed by atoms with van der Waals surface area (Å²) >= 11 is 2.74. The zero-order valence-corrected chi connectivity index (χ0v) is 15.9. The highest BCUT2D eigenvalue weighted by Gasteiger charge is 2.36. The fourth-order valence-electron chi connectivity index (χ4n) is 2.57. The van der Waals surface area contributed by atoms with Crippen LogP contribution in [0, 0.1) is 0 Å². The molecule has 2 heterocycles. The van der Waals surface area contributed by atoms with Crippen LogP contribution in [-0.4, -0.2) is 65.8 Å². The number of sulfone groups is 1. The summed E-state index contributed by atoms with van der Waals surface area (Å²) in [6.07, 6.45) is 1.33. The Kier molecular flexibility index (Phi) is 6.26. The lowest BCUT2D eigenvalue weighted by Crippen LogP contribution is -2.47. The van der Waals surface area contributed by atoms with Crippen LogP contribution in [0.4, 0.5) is 5.13 Å². The van der Waals surface area contributed by atoms with Gasteiger partial charge in [0.25, 0.3) is 0 Å². The van der Waals surface area contributed by atoms with Crippen LogP contribution in [0.2, 0.25) is 0 Å². The summed E-state index contributed by atoms with van der Waals surface area (Å²) in [5.74, 6) is 0.468. The molecule has 1 saturated heterocycles. The molecule has 0 radical (unpaired) electrons. The standard InChI is InChI=1S/C13H22N4O3S3/c1-4-9(2)17(10-5-6-23(19,20)8-10)11(18)7-21-13-16-15-12(14-3)22-13/h9-10H,4-8H2,1-3H3,(H,14,15)/t9-,10+/m0/s1. The number of anilines is 1. The molecule has 1 amide bonds. The van der Waals surface area contributed by atoms with E-state index in [1.165, 1.54) is 23.1 Å². The van der Waals surface area contributed by atoms with Crippen molar-refractivity contribution in [2.45, 2.75) is 43.1 Å². The van der Waals surface area contributed by atoms with Crippen LogP contribution in [0.5, 0.6) is 0 Å². The van der Waals surface area contributed by atoms with Crippen molar-refractivity contribution in [3.63, 3.8) is 0 Å². The molecular formula is C13H22N4O3S3. The Morgan fingerprint density at radius 2 is 2.26 bits per heavy atom.